The molecule has 3 nitrogen and oxygen atoms in total. The molecule has 3 rings (SSSR count). The average molecular weight is 383 g/mol. The van der Waals surface area contributed by atoms with Crippen molar-refractivity contribution < 1.29 is 22.3 Å². The molecule has 7 heteroatoms. The van der Waals surface area contributed by atoms with Crippen molar-refractivity contribution in [2.75, 3.05) is 0 Å². The van der Waals surface area contributed by atoms with Gasteiger partial charge >= 0.3 is 6.18 Å². The first-order valence-corrected chi connectivity index (χ1v) is 8.15. The number of ether oxygens (including phenoxy) is 1. The van der Waals surface area contributed by atoms with Gasteiger partial charge in [0, 0.05) is 11.1 Å². The van der Waals surface area contributed by atoms with Crippen molar-refractivity contribution in [1.29, 1.82) is 0 Å². The van der Waals surface area contributed by atoms with Crippen LogP contribution in [0.5, 0.6) is 5.75 Å². The van der Waals surface area contributed by atoms with Crippen molar-refractivity contribution in [3.8, 4) is 16.9 Å². The predicted octanol–water partition coefficient (Wildman–Crippen LogP) is 5.92. The SMILES string of the molecule is CC(C)Oc1ccc2c(=O)c(-c3ccc(Cl)cc3)c(C(F)(F)F)oc2c1. The lowest BCUT2D eigenvalue weighted by Crippen LogP contribution is -2.16. The summed E-state index contributed by atoms with van der Waals surface area (Å²) in [6.45, 7) is 3.57. The van der Waals surface area contributed by atoms with Gasteiger partial charge in [0.1, 0.15) is 11.3 Å². The van der Waals surface area contributed by atoms with Gasteiger partial charge in [-0.3, -0.25) is 4.79 Å². The molecule has 0 fully saturated rings. The number of alkyl halides is 3. The van der Waals surface area contributed by atoms with Crippen molar-refractivity contribution in [3.05, 3.63) is 63.5 Å². The Morgan fingerprint density at radius 3 is 2.31 bits per heavy atom. The maximum Gasteiger partial charge on any atom is 0.450 e. The van der Waals surface area contributed by atoms with E-state index in [4.69, 9.17) is 20.8 Å². The first-order valence-electron chi connectivity index (χ1n) is 7.77. The molecule has 0 saturated carbocycles. The molecule has 0 amide bonds. The van der Waals surface area contributed by atoms with Crippen molar-refractivity contribution in [3.63, 3.8) is 0 Å². The van der Waals surface area contributed by atoms with E-state index in [0.29, 0.717) is 10.8 Å². The summed E-state index contributed by atoms with van der Waals surface area (Å²) in [5.74, 6) is -1.03. The van der Waals surface area contributed by atoms with Crippen LogP contribution in [0.4, 0.5) is 13.2 Å². The van der Waals surface area contributed by atoms with Crippen LogP contribution in [0.25, 0.3) is 22.1 Å². The molecule has 0 bridgehead atoms. The van der Waals surface area contributed by atoms with Gasteiger partial charge < -0.3 is 9.15 Å². The Hall–Kier alpha value is -2.47. The molecule has 0 aliphatic rings. The molecular weight excluding hydrogens is 369 g/mol. The van der Waals surface area contributed by atoms with Crippen LogP contribution in [0.1, 0.15) is 19.6 Å². The van der Waals surface area contributed by atoms with E-state index in [1.54, 1.807) is 13.8 Å². The Balaban J connectivity index is 2.31. The fourth-order valence-corrected chi connectivity index (χ4v) is 2.72. The Morgan fingerprint density at radius 1 is 1.08 bits per heavy atom. The Kier molecular flexibility index (Phi) is 4.71. The molecule has 2 aromatic carbocycles. The molecule has 0 N–H and O–H groups in total. The molecule has 136 valence electrons. The van der Waals surface area contributed by atoms with E-state index in [0.717, 1.165) is 0 Å². The summed E-state index contributed by atoms with van der Waals surface area (Å²) in [4.78, 5) is 12.8. The largest absolute Gasteiger partial charge is 0.491 e. The van der Waals surface area contributed by atoms with E-state index >= 15 is 0 Å². The van der Waals surface area contributed by atoms with Gasteiger partial charge in [-0.05, 0) is 43.7 Å². The van der Waals surface area contributed by atoms with Crippen LogP contribution in [0.3, 0.4) is 0 Å². The van der Waals surface area contributed by atoms with Crippen molar-refractivity contribution in [1.82, 2.24) is 0 Å². The van der Waals surface area contributed by atoms with Gasteiger partial charge in [-0.15, -0.1) is 0 Å². The van der Waals surface area contributed by atoms with Crippen LogP contribution >= 0.6 is 11.6 Å². The average Bonchev–Trinajstić information content (AvgIpc) is 2.54. The maximum atomic E-state index is 13.5. The third kappa shape index (κ3) is 3.55. The van der Waals surface area contributed by atoms with Gasteiger partial charge in [-0.2, -0.15) is 13.2 Å². The Labute approximate surface area is 152 Å². The van der Waals surface area contributed by atoms with Crippen LogP contribution < -0.4 is 10.2 Å². The maximum absolute atomic E-state index is 13.5. The number of benzene rings is 2. The highest BCUT2D eigenvalue weighted by atomic mass is 35.5. The second-order valence-corrected chi connectivity index (χ2v) is 6.40. The van der Waals surface area contributed by atoms with Gasteiger partial charge in [0.15, 0.2) is 0 Å². The number of halogens is 4. The van der Waals surface area contributed by atoms with Gasteiger partial charge in [-0.25, -0.2) is 0 Å². The summed E-state index contributed by atoms with van der Waals surface area (Å²) in [6, 6.07) is 9.76. The molecule has 1 aromatic heterocycles. The second-order valence-electron chi connectivity index (χ2n) is 5.96. The van der Waals surface area contributed by atoms with Crippen LogP contribution in [-0.4, -0.2) is 6.10 Å². The van der Waals surface area contributed by atoms with E-state index < -0.39 is 22.9 Å². The molecule has 0 radical (unpaired) electrons. The normalized spacial score (nSPS) is 12.0. The number of fused-ring (bicyclic) bond motifs is 1. The summed E-state index contributed by atoms with van der Waals surface area (Å²) >= 11 is 5.78. The third-order valence-corrected chi connectivity index (χ3v) is 3.88. The monoisotopic (exact) mass is 382 g/mol. The minimum atomic E-state index is -4.84. The molecule has 1 heterocycles. The van der Waals surface area contributed by atoms with E-state index in [2.05, 4.69) is 0 Å². The third-order valence-electron chi connectivity index (χ3n) is 3.63. The zero-order chi connectivity index (χ0) is 19.1. The molecule has 0 spiro atoms. The summed E-state index contributed by atoms with van der Waals surface area (Å²) in [6.07, 6.45) is -5.01. The van der Waals surface area contributed by atoms with Gasteiger partial charge in [-0.1, -0.05) is 23.7 Å². The summed E-state index contributed by atoms with van der Waals surface area (Å²) < 4.78 is 51.2. The molecular formula is C19H14ClF3O3. The summed E-state index contributed by atoms with van der Waals surface area (Å²) in [5.41, 5.74) is -1.41. The van der Waals surface area contributed by atoms with Crippen molar-refractivity contribution in [2.45, 2.75) is 26.1 Å². The van der Waals surface area contributed by atoms with E-state index in [1.165, 1.54) is 42.5 Å². The first-order chi connectivity index (χ1) is 12.2. The lowest BCUT2D eigenvalue weighted by Gasteiger charge is -2.14. The minimum Gasteiger partial charge on any atom is -0.491 e. The summed E-state index contributed by atoms with van der Waals surface area (Å²) in [7, 11) is 0. The molecule has 0 aliphatic carbocycles. The standard InChI is InChI=1S/C19H14ClF3O3/c1-10(2)25-13-7-8-14-15(9-13)26-18(19(21,22)23)16(17(14)24)11-3-5-12(20)6-4-11/h3-10H,1-2H3. The van der Waals surface area contributed by atoms with Crippen LogP contribution in [-0.2, 0) is 6.18 Å². The number of hydrogen-bond acceptors (Lipinski definition) is 3. The van der Waals surface area contributed by atoms with Gasteiger partial charge in [0.05, 0.1) is 17.1 Å². The molecule has 0 saturated heterocycles. The number of hydrogen-bond donors (Lipinski definition) is 0. The molecule has 3 aromatic rings. The van der Waals surface area contributed by atoms with E-state index in [9.17, 15) is 18.0 Å². The highest BCUT2D eigenvalue weighted by molar-refractivity contribution is 6.30. The van der Waals surface area contributed by atoms with E-state index in [1.807, 2.05) is 0 Å². The van der Waals surface area contributed by atoms with Crippen LogP contribution in [0, 0.1) is 0 Å². The topological polar surface area (TPSA) is 39.4 Å². The van der Waals surface area contributed by atoms with E-state index in [-0.39, 0.29) is 22.6 Å². The molecule has 0 aliphatic heterocycles. The lowest BCUT2D eigenvalue weighted by molar-refractivity contribution is -0.152. The Bertz CT molecular complexity index is 1010. The van der Waals surface area contributed by atoms with Crippen LogP contribution in [0.15, 0.2) is 51.7 Å². The molecule has 0 unspecified atom stereocenters. The van der Waals surface area contributed by atoms with Crippen molar-refractivity contribution in [2.24, 2.45) is 0 Å². The fourth-order valence-electron chi connectivity index (χ4n) is 2.60. The van der Waals surface area contributed by atoms with Crippen LogP contribution in [0.2, 0.25) is 5.02 Å². The second kappa shape index (κ2) is 6.68. The minimum absolute atomic E-state index is 0.0408. The highest BCUT2D eigenvalue weighted by Crippen LogP contribution is 2.38. The van der Waals surface area contributed by atoms with Gasteiger partial charge in [0.2, 0.25) is 11.2 Å². The van der Waals surface area contributed by atoms with Gasteiger partial charge in [0.25, 0.3) is 0 Å². The Morgan fingerprint density at radius 2 is 1.73 bits per heavy atom. The molecule has 26 heavy (non-hydrogen) atoms. The quantitative estimate of drug-likeness (QED) is 0.564. The smallest absolute Gasteiger partial charge is 0.450 e. The summed E-state index contributed by atoms with van der Waals surface area (Å²) in [5, 5.41) is 0.391. The first kappa shape index (κ1) is 18.3. The number of rotatable bonds is 3. The zero-order valence-electron chi connectivity index (χ0n) is 13.9. The fraction of sp³-hybridized carbons (Fsp3) is 0.211. The lowest BCUT2D eigenvalue weighted by atomic mass is 10.0. The predicted molar refractivity (Wildman–Crippen MR) is 93.7 cm³/mol. The highest BCUT2D eigenvalue weighted by Gasteiger charge is 2.39. The molecule has 0 atom stereocenters. The van der Waals surface area contributed by atoms with Crippen molar-refractivity contribution >= 4 is 22.6 Å². The zero-order valence-corrected chi connectivity index (χ0v) is 14.6.